The Morgan fingerprint density at radius 2 is 1.81 bits per heavy atom. The van der Waals surface area contributed by atoms with Crippen molar-refractivity contribution >= 4 is 23.6 Å². The topological polar surface area (TPSA) is 67.4 Å². The van der Waals surface area contributed by atoms with Crippen LogP contribution in [0.1, 0.15) is 42.1 Å². The summed E-state index contributed by atoms with van der Waals surface area (Å²) in [7, 11) is 1.23. The summed E-state index contributed by atoms with van der Waals surface area (Å²) in [4.78, 5) is 24.2. The molecular formula is C17H21F3N2O3S. The molecule has 1 saturated carbocycles. The van der Waals surface area contributed by atoms with Gasteiger partial charge in [0.2, 0.25) is 5.91 Å². The zero-order valence-corrected chi connectivity index (χ0v) is 15.5. The van der Waals surface area contributed by atoms with Crippen molar-refractivity contribution in [2.75, 3.05) is 13.4 Å². The lowest BCUT2D eigenvalue weighted by Crippen LogP contribution is -2.48. The quantitative estimate of drug-likeness (QED) is 0.758. The van der Waals surface area contributed by atoms with Gasteiger partial charge in [-0.05, 0) is 37.7 Å². The van der Waals surface area contributed by atoms with E-state index >= 15 is 0 Å². The first-order valence-electron chi connectivity index (χ1n) is 8.08. The summed E-state index contributed by atoms with van der Waals surface area (Å²) in [5.41, 5.74) is -0.797. The Hall–Kier alpha value is -1.90. The van der Waals surface area contributed by atoms with Crippen molar-refractivity contribution < 1.29 is 27.5 Å². The van der Waals surface area contributed by atoms with Crippen LogP contribution in [0.15, 0.2) is 17.0 Å². The monoisotopic (exact) mass is 390 g/mol. The summed E-state index contributed by atoms with van der Waals surface area (Å²) in [5, 5.41) is 5.63. The lowest BCUT2D eigenvalue weighted by atomic mass is 10.1. The molecule has 0 aromatic heterocycles. The normalized spacial score (nSPS) is 19.9. The average Bonchev–Trinajstić information content (AvgIpc) is 2.98. The van der Waals surface area contributed by atoms with Crippen molar-refractivity contribution in [2.45, 2.75) is 49.3 Å². The molecule has 2 amide bonds. The maximum absolute atomic E-state index is 13.0. The minimum absolute atomic E-state index is 0.0708. The van der Waals surface area contributed by atoms with Crippen molar-refractivity contribution in [3.63, 3.8) is 0 Å². The van der Waals surface area contributed by atoms with Crippen LogP contribution in [0, 0.1) is 0 Å². The summed E-state index contributed by atoms with van der Waals surface area (Å²) in [5.74, 6) is -0.828. The van der Waals surface area contributed by atoms with Crippen LogP contribution < -0.4 is 15.4 Å². The fourth-order valence-corrected chi connectivity index (χ4v) is 3.75. The fourth-order valence-electron chi connectivity index (χ4n) is 3.11. The Morgan fingerprint density at radius 3 is 2.31 bits per heavy atom. The van der Waals surface area contributed by atoms with Gasteiger partial charge in [0.25, 0.3) is 5.91 Å². The molecule has 0 aliphatic heterocycles. The zero-order chi connectivity index (χ0) is 19.5. The molecule has 1 aromatic rings. The van der Waals surface area contributed by atoms with Gasteiger partial charge >= 0.3 is 6.18 Å². The highest BCUT2D eigenvalue weighted by atomic mass is 32.2. The van der Waals surface area contributed by atoms with E-state index in [2.05, 4.69) is 10.6 Å². The molecule has 0 spiro atoms. The number of amides is 2. The molecule has 1 aromatic carbocycles. The van der Waals surface area contributed by atoms with Crippen LogP contribution in [0.3, 0.4) is 0 Å². The Balaban J connectivity index is 2.31. The van der Waals surface area contributed by atoms with Gasteiger partial charge in [0, 0.05) is 23.9 Å². The number of hydrogen-bond donors (Lipinski definition) is 2. The van der Waals surface area contributed by atoms with E-state index < -0.39 is 17.6 Å². The minimum atomic E-state index is -4.53. The second-order valence-corrected chi connectivity index (χ2v) is 6.92. The van der Waals surface area contributed by atoms with E-state index in [0.717, 1.165) is 36.7 Å². The second kappa shape index (κ2) is 8.20. The Bertz CT molecular complexity index is 669. The highest BCUT2D eigenvalue weighted by Gasteiger charge is 2.35. The van der Waals surface area contributed by atoms with E-state index in [1.54, 1.807) is 6.26 Å². The molecule has 5 nitrogen and oxygen atoms in total. The van der Waals surface area contributed by atoms with E-state index in [9.17, 15) is 22.8 Å². The van der Waals surface area contributed by atoms with Crippen molar-refractivity contribution in [2.24, 2.45) is 0 Å². The van der Waals surface area contributed by atoms with Crippen molar-refractivity contribution in [3.05, 3.63) is 23.3 Å². The van der Waals surface area contributed by atoms with Crippen LogP contribution in [0.5, 0.6) is 5.75 Å². The number of thioether (sulfide) groups is 1. The van der Waals surface area contributed by atoms with Crippen LogP contribution in [0.2, 0.25) is 0 Å². The van der Waals surface area contributed by atoms with E-state index in [0.29, 0.717) is 6.42 Å². The molecule has 0 heterocycles. The van der Waals surface area contributed by atoms with Gasteiger partial charge in [-0.1, -0.05) is 0 Å². The average molecular weight is 390 g/mol. The largest absolute Gasteiger partial charge is 0.496 e. The van der Waals surface area contributed by atoms with Gasteiger partial charge in [-0.15, -0.1) is 11.8 Å². The third-order valence-corrected chi connectivity index (χ3v) is 5.04. The molecule has 26 heavy (non-hydrogen) atoms. The van der Waals surface area contributed by atoms with Gasteiger partial charge in [0.15, 0.2) is 0 Å². The van der Waals surface area contributed by atoms with Crippen LogP contribution >= 0.6 is 11.8 Å². The zero-order valence-electron chi connectivity index (χ0n) is 14.7. The summed E-state index contributed by atoms with van der Waals surface area (Å²) < 4.78 is 44.2. The van der Waals surface area contributed by atoms with Crippen LogP contribution in [-0.2, 0) is 11.0 Å². The SMILES string of the molecule is COc1cc(C(F)(F)F)cc(SC)c1C(=O)N[C@@H]1CCC[C@@H]1NC(C)=O. The molecule has 1 aliphatic carbocycles. The maximum atomic E-state index is 13.0. The summed E-state index contributed by atoms with van der Waals surface area (Å²) in [6, 6.07) is 1.32. The predicted molar refractivity (Wildman–Crippen MR) is 92.5 cm³/mol. The maximum Gasteiger partial charge on any atom is 0.416 e. The van der Waals surface area contributed by atoms with Gasteiger partial charge in [0.05, 0.1) is 18.2 Å². The molecule has 9 heteroatoms. The van der Waals surface area contributed by atoms with E-state index in [1.807, 2.05) is 0 Å². The highest BCUT2D eigenvalue weighted by Crippen LogP contribution is 2.38. The van der Waals surface area contributed by atoms with Crippen LogP contribution in [0.25, 0.3) is 0 Å². The first kappa shape index (κ1) is 20.4. The molecule has 0 radical (unpaired) electrons. The smallest absolute Gasteiger partial charge is 0.416 e. The highest BCUT2D eigenvalue weighted by molar-refractivity contribution is 7.98. The number of carbonyl (C=O) groups excluding carboxylic acids is 2. The first-order valence-corrected chi connectivity index (χ1v) is 9.31. The Morgan fingerprint density at radius 1 is 1.19 bits per heavy atom. The Kier molecular flexibility index (Phi) is 6.44. The number of methoxy groups -OCH3 is 1. The van der Waals surface area contributed by atoms with Gasteiger partial charge in [-0.25, -0.2) is 0 Å². The number of rotatable bonds is 5. The minimum Gasteiger partial charge on any atom is -0.496 e. The number of carbonyl (C=O) groups is 2. The van der Waals surface area contributed by atoms with Gasteiger partial charge in [0.1, 0.15) is 5.75 Å². The Labute approximate surface area is 154 Å². The van der Waals surface area contributed by atoms with Crippen molar-refractivity contribution in [1.29, 1.82) is 0 Å². The van der Waals surface area contributed by atoms with E-state index in [-0.39, 0.29) is 34.2 Å². The number of ether oxygens (including phenoxy) is 1. The van der Waals surface area contributed by atoms with E-state index in [4.69, 9.17) is 4.74 Å². The van der Waals surface area contributed by atoms with Gasteiger partial charge in [-0.2, -0.15) is 13.2 Å². The molecule has 0 unspecified atom stereocenters. The molecule has 0 bridgehead atoms. The molecular weight excluding hydrogens is 369 g/mol. The van der Waals surface area contributed by atoms with Gasteiger partial charge < -0.3 is 15.4 Å². The fraction of sp³-hybridized carbons (Fsp3) is 0.529. The second-order valence-electron chi connectivity index (χ2n) is 6.07. The molecule has 0 saturated heterocycles. The van der Waals surface area contributed by atoms with Crippen molar-refractivity contribution in [3.8, 4) is 5.75 Å². The van der Waals surface area contributed by atoms with Gasteiger partial charge in [-0.3, -0.25) is 9.59 Å². The number of benzene rings is 1. The number of hydrogen-bond acceptors (Lipinski definition) is 4. The van der Waals surface area contributed by atoms with Crippen LogP contribution in [0.4, 0.5) is 13.2 Å². The number of halogens is 3. The summed E-state index contributed by atoms with van der Waals surface area (Å²) >= 11 is 1.04. The number of nitrogens with one attached hydrogen (secondary N) is 2. The summed E-state index contributed by atoms with van der Waals surface area (Å²) in [6.07, 6.45) is -0.663. The molecule has 1 aliphatic rings. The molecule has 1 fully saturated rings. The molecule has 144 valence electrons. The van der Waals surface area contributed by atoms with Crippen molar-refractivity contribution in [1.82, 2.24) is 10.6 Å². The summed E-state index contributed by atoms with van der Waals surface area (Å²) in [6.45, 7) is 1.40. The number of alkyl halides is 3. The third-order valence-electron chi connectivity index (χ3n) is 4.28. The first-order chi connectivity index (χ1) is 12.2. The molecule has 2 rings (SSSR count). The lowest BCUT2D eigenvalue weighted by molar-refractivity contribution is -0.137. The molecule has 2 N–H and O–H groups in total. The molecule has 2 atom stereocenters. The standard InChI is InChI=1S/C17H21F3N2O3S/c1-9(23)21-11-5-4-6-12(11)22-16(24)15-13(25-2)7-10(17(18,19)20)8-14(15)26-3/h7-8,11-12H,4-6H2,1-3H3,(H,21,23)(H,22,24)/t11-,12+/m0/s1. The third kappa shape index (κ3) is 4.63. The predicted octanol–water partition coefficient (Wildman–Crippen LogP) is 3.22. The van der Waals surface area contributed by atoms with E-state index in [1.165, 1.54) is 14.0 Å². The van der Waals surface area contributed by atoms with Crippen LogP contribution in [-0.4, -0.2) is 37.3 Å². The lowest BCUT2D eigenvalue weighted by Gasteiger charge is -2.23.